The van der Waals surface area contributed by atoms with Crippen LogP contribution in [0.5, 0.6) is 5.75 Å². The van der Waals surface area contributed by atoms with Gasteiger partial charge in [-0.15, -0.1) is 11.6 Å². The number of alkyl halides is 1. The highest BCUT2D eigenvalue weighted by Gasteiger charge is 2.24. The highest BCUT2D eigenvalue weighted by Crippen LogP contribution is 2.36. The molecule has 0 saturated carbocycles. The van der Waals surface area contributed by atoms with Crippen LogP contribution >= 0.6 is 11.6 Å². The minimum atomic E-state index is -1.61. The number of halogens is 1. The van der Waals surface area contributed by atoms with Gasteiger partial charge in [-0.2, -0.15) is 0 Å². The van der Waals surface area contributed by atoms with Crippen LogP contribution in [0.1, 0.15) is 17.9 Å². The van der Waals surface area contributed by atoms with E-state index in [-0.39, 0.29) is 11.3 Å². The second-order valence-corrected chi connectivity index (χ2v) is 3.59. The third-order valence-corrected chi connectivity index (χ3v) is 2.07. The van der Waals surface area contributed by atoms with Crippen molar-refractivity contribution in [3.63, 3.8) is 0 Å². The van der Waals surface area contributed by atoms with Gasteiger partial charge in [-0.25, -0.2) is 4.79 Å². The van der Waals surface area contributed by atoms with Gasteiger partial charge in [0.05, 0.1) is 15.9 Å². The fraction of sp³-hybridized carbons (Fsp3) is 0.222. The summed E-state index contributed by atoms with van der Waals surface area (Å²) in [6.07, 6.45) is -1.61. The summed E-state index contributed by atoms with van der Waals surface area (Å²) in [6.45, 7) is 1.55. The summed E-state index contributed by atoms with van der Waals surface area (Å²) in [5, 5.41) is 18.6. The standard InChI is InChI=1S/C9H8ClNO5/c1-5(10)6-3-2-4-7(16-9(12)13)8(6)11(14)15/h2-5H,1H3,(H,12,13). The van der Waals surface area contributed by atoms with E-state index in [1.807, 2.05) is 0 Å². The van der Waals surface area contributed by atoms with Crippen LogP contribution in [0.2, 0.25) is 0 Å². The lowest BCUT2D eigenvalue weighted by atomic mass is 10.1. The molecular weight excluding hydrogens is 238 g/mol. The molecule has 0 radical (unpaired) electrons. The van der Waals surface area contributed by atoms with Gasteiger partial charge in [-0.3, -0.25) is 10.1 Å². The van der Waals surface area contributed by atoms with E-state index in [4.69, 9.17) is 16.7 Å². The van der Waals surface area contributed by atoms with Crippen molar-refractivity contribution in [2.75, 3.05) is 0 Å². The first kappa shape index (κ1) is 12.3. The molecule has 1 N–H and O–H groups in total. The normalized spacial score (nSPS) is 11.9. The quantitative estimate of drug-likeness (QED) is 0.291. The average Bonchev–Trinajstić information content (AvgIpc) is 2.15. The molecule has 7 heteroatoms. The van der Waals surface area contributed by atoms with Gasteiger partial charge in [-0.1, -0.05) is 12.1 Å². The average molecular weight is 246 g/mol. The van der Waals surface area contributed by atoms with E-state index in [0.29, 0.717) is 0 Å². The largest absolute Gasteiger partial charge is 0.511 e. The lowest BCUT2D eigenvalue weighted by molar-refractivity contribution is -0.386. The van der Waals surface area contributed by atoms with Gasteiger partial charge in [-0.05, 0) is 13.0 Å². The summed E-state index contributed by atoms with van der Waals surface area (Å²) in [6, 6.07) is 4.10. The summed E-state index contributed by atoms with van der Waals surface area (Å²) < 4.78 is 4.31. The van der Waals surface area contributed by atoms with Crippen LogP contribution in [-0.2, 0) is 0 Å². The lowest BCUT2D eigenvalue weighted by Crippen LogP contribution is -2.07. The summed E-state index contributed by atoms with van der Waals surface area (Å²) in [7, 11) is 0. The molecule has 0 amide bonds. The molecular formula is C9H8ClNO5. The van der Waals surface area contributed by atoms with Crippen molar-refractivity contribution in [2.45, 2.75) is 12.3 Å². The Hall–Kier alpha value is -1.82. The van der Waals surface area contributed by atoms with Crippen LogP contribution < -0.4 is 4.74 Å². The molecule has 0 saturated heterocycles. The second kappa shape index (κ2) is 4.80. The summed E-state index contributed by atoms with van der Waals surface area (Å²) >= 11 is 5.75. The highest BCUT2D eigenvalue weighted by atomic mass is 35.5. The number of rotatable bonds is 3. The molecule has 86 valence electrons. The second-order valence-electron chi connectivity index (χ2n) is 2.94. The molecule has 0 fully saturated rings. The predicted octanol–water partition coefficient (Wildman–Crippen LogP) is 2.95. The highest BCUT2D eigenvalue weighted by molar-refractivity contribution is 6.20. The maximum absolute atomic E-state index is 10.8. The predicted molar refractivity (Wildman–Crippen MR) is 56.0 cm³/mol. The van der Waals surface area contributed by atoms with Crippen molar-refractivity contribution in [1.82, 2.24) is 0 Å². The van der Waals surface area contributed by atoms with Crippen molar-refractivity contribution in [3.05, 3.63) is 33.9 Å². The number of nitrogens with zero attached hydrogens (tertiary/aromatic N) is 1. The zero-order chi connectivity index (χ0) is 12.3. The Bertz CT molecular complexity index is 432. The van der Waals surface area contributed by atoms with Crippen LogP contribution in [-0.4, -0.2) is 16.2 Å². The van der Waals surface area contributed by atoms with Gasteiger partial charge < -0.3 is 9.84 Å². The molecule has 6 nitrogen and oxygen atoms in total. The third-order valence-electron chi connectivity index (χ3n) is 1.84. The molecule has 0 bridgehead atoms. The van der Waals surface area contributed by atoms with Crippen molar-refractivity contribution >= 4 is 23.4 Å². The Kier molecular flexibility index (Phi) is 3.68. The molecule has 1 unspecified atom stereocenters. The monoisotopic (exact) mass is 245 g/mol. The summed E-state index contributed by atoms with van der Waals surface area (Å²) in [4.78, 5) is 20.4. The fourth-order valence-electron chi connectivity index (χ4n) is 1.23. The molecule has 0 spiro atoms. The minimum absolute atomic E-state index is 0.213. The number of ether oxygens (including phenoxy) is 1. The van der Waals surface area contributed by atoms with Crippen LogP contribution in [0.3, 0.4) is 0 Å². The number of benzene rings is 1. The molecule has 1 rings (SSSR count). The minimum Gasteiger partial charge on any atom is -0.449 e. The molecule has 16 heavy (non-hydrogen) atoms. The maximum atomic E-state index is 10.8. The van der Waals surface area contributed by atoms with E-state index in [9.17, 15) is 14.9 Å². The number of para-hydroxylation sites is 1. The third kappa shape index (κ3) is 2.60. The fourth-order valence-corrected chi connectivity index (χ4v) is 1.41. The molecule has 1 atom stereocenters. The molecule has 0 aliphatic carbocycles. The smallest absolute Gasteiger partial charge is 0.449 e. The van der Waals surface area contributed by atoms with Gasteiger partial charge in [0.15, 0.2) is 0 Å². The lowest BCUT2D eigenvalue weighted by Gasteiger charge is -2.07. The number of nitro groups is 1. The Balaban J connectivity index is 3.32. The van der Waals surface area contributed by atoms with Gasteiger partial charge in [0.25, 0.3) is 0 Å². The summed E-state index contributed by atoms with van der Waals surface area (Å²) in [5.74, 6) is -0.331. The first-order valence-electron chi connectivity index (χ1n) is 4.25. The van der Waals surface area contributed by atoms with Gasteiger partial charge in [0.2, 0.25) is 5.75 Å². The van der Waals surface area contributed by atoms with E-state index < -0.39 is 22.1 Å². The Morgan fingerprint density at radius 1 is 1.62 bits per heavy atom. The van der Waals surface area contributed by atoms with Crippen molar-refractivity contribution in [2.24, 2.45) is 0 Å². The molecule has 1 aromatic rings. The molecule has 0 aliphatic rings. The van der Waals surface area contributed by atoms with Gasteiger partial charge in [0.1, 0.15) is 0 Å². The van der Waals surface area contributed by atoms with Crippen LogP contribution in [0, 0.1) is 10.1 Å². The van der Waals surface area contributed by atoms with E-state index >= 15 is 0 Å². The molecule has 0 aliphatic heterocycles. The Labute approximate surface area is 95.6 Å². The van der Waals surface area contributed by atoms with Gasteiger partial charge in [0, 0.05) is 0 Å². The summed E-state index contributed by atoms with van der Waals surface area (Å²) in [5.41, 5.74) is -0.210. The first-order valence-corrected chi connectivity index (χ1v) is 4.69. The number of carboxylic acid groups (broad SMARTS) is 1. The number of hydrogen-bond donors (Lipinski definition) is 1. The zero-order valence-corrected chi connectivity index (χ0v) is 8.97. The molecule has 0 aromatic heterocycles. The number of nitro benzene ring substituents is 1. The maximum Gasteiger partial charge on any atom is 0.511 e. The first-order chi connectivity index (χ1) is 7.43. The van der Waals surface area contributed by atoms with Gasteiger partial charge >= 0.3 is 11.8 Å². The van der Waals surface area contributed by atoms with Crippen LogP contribution in [0.15, 0.2) is 18.2 Å². The van der Waals surface area contributed by atoms with Crippen LogP contribution in [0.25, 0.3) is 0 Å². The van der Waals surface area contributed by atoms with Crippen molar-refractivity contribution in [1.29, 1.82) is 0 Å². The number of carbonyl (C=O) groups is 1. The molecule has 1 aromatic carbocycles. The topological polar surface area (TPSA) is 89.7 Å². The van der Waals surface area contributed by atoms with Crippen molar-refractivity contribution in [3.8, 4) is 5.75 Å². The Morgan fingerprint density at radius 3 is 2.69 bits per heavy atom. The van der Waals surface area contributed by atoms with E-state index in [1.165, 1.54) is 18.2 Å². The molecule has 0 heterocycles. The van der Waals surface area contributed by atoms with E-state index in [2.05, 4.69) is 4.74 Å². The number of hydrogen-bond acceptors (Lipinski definition) is 4. The van der Waals surface area contributed by atoms with Crippen molar-refractivity contribution < 1.29 is 19.6 Å². The van der Waals surface area contributed by atoms with E-state index in [0.717, 1.165) is 0 Å². The SMILES string of the molecule is CC(Cl)c1cccc(OC(=O)O)c1[N+](=O)[O-]. The zero-order valence-electron chi connectivity index (χ0n) is 8.21. The van der Waals surface area contributed by atoms with Crippen LogP contribution in [0.4, 0.5) is 10.5 Å². The Morgan fingerprint density at radius 2 is 2.25 bits per heavy atom. The van der Waals surface area contributed by atoms with E-state index in [1.54, 1.807) is 6.92 Å².